The van der Waals surface area contributed by atoms with E-state index in [2.05, 4.69) is 25.3 Å². The van der Waals surface area contributed by atoms with Crippen LogP contribution in [0.25, 0.3) is 23.2 Å². The molecule has 9 nitrogen and oxygen atoms in total. The normalized spacial score (nSPS) is 22.5. The van der Waals surface area contributed by atoms with Crippen LogP contribution in [-0.2, 0) is 11.8 Å². The van der Waals surface area contributed by atoms with Gasteiger partial charge in [0.15, 0.2) is 11.6 Å². The van der Waals surface area contributed by atoms with E-state index in [4.69, 9.17) is 0 Å². The average molecular weight is 458 g/mol. The molecule has 1 amide bonds. The number of aromatic nitrogens is 4. The van der Waals surface area contributed by atoms with Gasteiger partial charge in [0, 0.05) is 37.7 Å². The van der Waals surface area contributed by atoms with Crippen molar-refractivity contribution < 1.29 is 9.90 Å². The Morgan fingerprint density at radius 3 is 2.59 bits per heavy atom. The van der Waals surface area contributed by atoms with Crippen molar-refractivity contribution in [1.29, 1.82) is 0 Å². The second kappa shape index (κ2) is 8.90. The predicted octanol–water partition coefficient (Wildman–Crippen LogP) is 1.94. The molecule has 34 heavy (non-hydrogen) atoms. The van der Waals surface area contributed by atoms with Gasteiger partial charge >= 0.3 is 0 Å². The lowest BCUT2D eigenvalue weighted by molar-refractivity contribution is -0.139. The molecule has 1 aliphatic carbocycles. The van der Waals surface area contributed by atoms with Crippen molar-refractivity contribution in [2.45, 2.75) is 31.8 Å². The summed E-state index contributed by atoms with van der Waals surface area (Å²) in [7, 11) is 1.76. The van der Waals surface area contributed by atoms with Crippen molar-refractivity contribution in [2.75, 3.05) is 13.1 Å². The molecule has 5 rings (SSSR count). The van der Waals surface area contributed by atoms with Crippen molar-refractivity contribution in [3.63, 3.8) is 0 Å². The quantitative estimate of drug-likeness (QED) is 0.603. The van der Waals surface area contributed by atoms with Gasteiger partial charge in [0.1, 0.15) is 11.3 Å². The van der Waals surface area contributed by atoms with Crippen LogP contribution < -0.4 is 10.4 Å². The number of nitrogens with zero attached hydrogens (tertiary/aromatic N) is 7. The third kappa shape index (κ3) is 3.92. The van der Waals surface area contributed by atoms with Crippen molar-refractivity contribution in [3.05, 3.63) is 59.4 Å². The smallest absolute Gasteiger partial charge is 0.232 e. The van der Waals surface area contributed by atoms with Crippen LogP contribution in [0.5, 0.6) is 0 Å². The van der Waals surface area contributed by atoms with Gasteiger partial charge in [-0.05, 0) is 37.5 Å². The molecule has 2 aromatic heterocycles. The molecule has 9 heteroatoms. The number of hydrogen-bond acceptors (Lipinski definition) is 7. The third-order valence-electron chi connectivity index (χ3n) is 6.54. The number of aryl methyl sites for hydroxylation is 1. The monoisotopic (exact) mass is 457 g/mol. The summed E-state index contributed by atoms with van der Waals surface area (Å²) in [5.41, 5.74) is -0.556. The van der Waals surface area contributed by atoms with E-state index in [1.807, 2.05) is 35.2 Å². The Kier molecular flexibility index (Phi) is 5.79. The first kappa shape index (κ1) is 22.1. The van der Waals surface area contributed by atoms with E-state index in [0.29, 0.717) is 36.0 Å². The Hall–Kier alpha value is -3.72. The highest BCUT2D eigenvalue weighted by molar-refractivity contribution is 5.89. The van der Waals surface area contributed by atoms with Gasteiger partial charge < -0.3 is 10.0 Å². The molecule has 2 atom stereocenters. The van der Waals surface area contributed by atoms with Crippen molar-refractivity contribution in [1.82, 2.24) is 24.6 Å². The van der Waals surface area contributed by atoms with Gasteiger partial charge in [0.2, 0.25) is 5.91 Å². The fourth-order valence-corrected chi connectivity index (χ4v) is 4.64. The zero-order valence-corrected chi connectivity index (χ0v) is 19.3. The first-order chi connectivity index (χ1) is 16.5. The summed E-state index contributed by atoms with van der Waals surface area (Å²) in [5, 5.41) is 26.6. The van der Waals surface area contributed by atoms with E-state index in [0.717, 1.165) is 29.7 Å². The molecule has 3 heterocycles. The number of azo groups is 1. The molecule has 1 fully saturated rings. The van der Waals surface area contributed by atoms with Crippen LogP contribution in [0.3, 0.4) is 0 Å². The minimum atomic E-state index is -1.53. The molecule has 0 saturated carbocycles. The first-order valence-corrected chi connectivity index (χ1v) is 11.5. The van der Waals surface area contributed by atoms with E-state index < -0.39 is 11.5 Å². The first-order valence-electron chi connectivity index (χ1n) is 11.5. The van der Waals surface area contributed by atoms with E-state index in [1.54, 1.807) is 43.3 Å². The minimum Gasteiger partial charge on any atom is -0.383 e. The SMILES string of the molecule is Cn1ncc(-c2ncccn2)c1N=NC1=c2ccccc2=CC(C(=O)N2CCCCC2)C1(C)O. The van der Waals surface area contributed by atoms with E-state index >= 15 is 0 Å². The number of piperidine rings is 1. The fraction of sp³-hybridized carbons (Fsp3) is 0.360. The molecule has 0 spiro atoms. The summed E-state index contributed by atoms with van der Waals surface area (Å²) in [6, 6.07) is 9.37. The van der Waals surface area contributed by atoms with Crippen LogP contribution in [0.1, 0.15) is 26.2 Å². The van der Waals surface area contributed by atoms with Crippen molar-refractivity contribution in [3.8, 4) is 11.4 Å². The summed E-state index contributed by atoms with van der Waals surface area (Å²) in [4.78, 5) is 23.9. The van der Waals surface area contributed by atoms with Crippen molar-refractivity contribution in [2.24, 2.45) is 23.2 Å². The van der Waals surface area contributed by atoms with Gasteiger partial charge in [0.25, 0.3) is 0 Å². The Balaban J connectivity index is 1.59. The number of amides is 1. The van der Waals surface area contributed by atoms with Crippen LogP contribution >= 0.6 is 0 Å². The second-order valence-electron chi connectivity index (χ2n) is 8.89. The number of aliphatic hydroxyl groups is 1. The molecular weight excluding hydrogens is 430 g/mol. The highest BCUT2D eigenvalue weighted by Gasteiger charge is 2.43. The number of benzene rings is 1. The molecule has 1 N–H and O–H groups in total. The van der Waals surface area contributed by atoms with Gasteiger partial charge in [0.05, 0.1) is 17.7 Å². The Morgan fingerprint density at radius 2 is 1.82 bits per heavy atom. The maximum absolute atomic E-state index is 13.5. The van der Waals surface area contributed by atoms with Crippen LogP contribution in [0.4, 0.5) is 5.82 Å². The standard InChI is InChI=1S/C25H27N7O2/c1-25(34)20(24(33)32-13-6-3-7-14-32)15-17-9-4-5-10-18(17)21(25)29-30-23-19(16-28-31(23)2)22-26-11-8-12-27-22/h4-5,8-12,15-16,20,34H,3,6-7,13-14H2,1-2H3. The highest BCUT2D eigenvalue weighted by Crippen LogP contribution is 2.34. The van der Waals surface area contributed by atoms with Gasteiger partial charge in [-0.15, -0.1) is 10.2 Å². The zero-order chi connectivity index (χ0) is 23.7. The molecule has 174 valence electrons. The average Bonchev–Trinajstić information content (AvgIpc) is 3.23. The summed E-state index contributed by atoms with van der Waals surface area (Å²) < 4.78 is 1.59. The maximum atomic E-state index is 13.5. The highest BCUT2D eigenvalue weighted by atomic mass is 16.3. The molecule has 1 aromatic carbocycles. The Labute approximate surface area is 197 Å². The molecule has 3 aromatic rings. The van der Waals surface area contributed by atoms with Crippen LogP contribution in [0, 0.1) is 5.92 Å². The lowest BCUT2D eigenvalue weighted by Crippen LogP contribution is -2.53. The molecule has 2 aliphatic rings. The van der Waals surface area contributed by atoms with Gasteiger partial charge in [-0.1, -0.05) is 30.3 Å². The van der Waals surface area contributed by atoms with E-state index in [9.17, 15) is 9.90 Å². The number of carbonyl (C=O) groups is 1. The number of hydrogen-bond donors (Lipinski definition) is 1. The Bertz CT molecular complexity index is 1360. The van der Waals surface area contributed by atoms with Crippen molar-refractivity contribution >= 4 is 23.5 Å². The summed E-state index contributed by atoms with van der Waals surface area (Å²) in [6.07, 6.45) is 9.90. The van der Waals surface area contributed by atoms with Gasteiger partial charge in [-0.25, -0.2) is 14.6 Å². The minimum absolute atomic E-state index is 0.0780. The fourth-order valence-electron chi connectivity index (χ4n) is 4.64. The molecule has 2 unspecified atom stereocenters. The van der Waals surface area contributed by atoms with E-state index in [-0.39, 0.29) is 5.91 Å². The predicted molar refractivity (Wildman–Crippen MR) is 127 cm³/mol. The van der Waals surface area contributed by atoms with Gasteiger partial charge in [-0.3, -0.25) is 4.79 Å². The van der Waals surface area contributed by atoms with Crippen LogP contribution in [0.15, 0.2) is 59.2 Å². The topological polar surface area (TPSA) is 109 Å². The van der Waals surface area contributed by atoms with Crippen LogP contribution in [-0.4, -0.2) is 54.4 Å². The third-order valence-corrected chi connectivity index (χ3v) is 6.54. The molecule has 0 bridgehead atoms. The molecule has 0 radical (unpaired) electrons. The Morgan fingerprint density at radius 1 is 1.09 bits per heavy atom. The molecular formula is C25H27N7O2. The summed E-state index contributed by atoms with van der Waals surface area (Å²) in [5.74, 6) is 0.112. The lowest BCUT2D eigenvalue weighted by Gasteiger charge is -2.37. The van der Waals surface area contributed by atoms with Gasteiger partial charge in [-0.2, -0.15) is 5.10 Å². The summed E-state index contributed by atoms with van der Waals surface area (Å²) in [6.45, 7) is 3.07. The lowest BCUT2D eigenvalue weighted by atomic mass is 9.80. The number of likely N-dealkylation sites (tertiary alicyclic amines) is 1. The van der Waals surface area contributed by atoms with E-state index in [1.165, 1.54) is 0 Å². The number of rotatable bonds is 4. The summed E-state index contributed by atoms with van der Waals surface area (Å²) >= 11 is 0. The number of carbonyl (C=O) groups excluding carboxylic acids is 1. The molecule has 1 saturated heterocycles. The second-order valence-corrected chi connectivity index (χ2v) is 8.89. The maximum Gasteiger partial charge on any atom is 0.232 e. The molecule has 1 aliphatic heterocycles. The largest absolute Gasteiger partial charge is 0.383 e. The number of fused-ring (bicyclic) bond motifs is 1. The van der Waals surface area contributed by atoms with Crippen LogP contribution in [0.2, 0.25) is 0 Å². The zero-order valence-electron chi connectivity index (χ0n) is 19.3.